The second-order valence-corrected chi connectivity index (χ2v) is 5.40. The third kappa shape index (κ3) is 3.21. The number of nitrogens with zero attached hydrogens (tertiary/aromatic N) is 3. The largest absolute Gasteiger partial charge is 0.339 e. The molecule has 2 N–H and O–H groups in total. The molecule has 1 aromatic heterocycles. The second-order valence-electron chi connectivity index (χ2n) is 5.40. The van der Waals surface area contributed by atoms with E-state index in [0.29, 0.717) is 23.9 Å². The Morgan fingerprint density at radius 2 is 2.10 bits per heavy atom. The number of hydrogen-bond acceptors (Lipinski definition) is 4. The van der Waals surface area contributed by atoms with Crippen molar-refractivity contribution >= 4 is 5.95 Å². The zero-order chi connectivity index (χ0) is 14.7. The normalized spacial score (nSPS) is 16.4. The van der Waals surface area contributed by atoms with Crippen LogP contribution >= 0.6 is 0 Å². The minimum atomic E-state index is -0.203. The number of aromatic nitrogens is 3. The molecule has 2 heterocycles. The van der Waals surface area contributed by atoms with Gasteiger partial charge in [0.15, 0.2) is 0 Å². The van der Waals surface area contributed by atoms with Gasteiger partial charge in [0.1, 0.15) is 11.6 Å². The van der Waals surface area contributed by atoms with Gasteiger partial charge in [0.05, 0.1) is 0 Å². The van der Waals surface area contributed by atoms with Crippen molar-refractivity contribution in [3.63, 3.8) is 0 Å². The van der Waals surface area contributed by atoms with Gasteiger partial charge in [-0.05, 0) is 31.5 Å². The zero-order valence-corrected chi connectivity index (χ0v) is 12.1. The molecule has 0 spiro atoms. The number of benzene rings is 1. The predicted molar refractivity (Wildman–Crippen MR) is 79.9 cm³/mol. The fourth-order valence-electron chi connectivity index (χ4n) is 2.70. The highest BCUT2D eigenvalue weighted by Crippen LogP contribution is 2.17. The second kappa shape index (κ2) is 6.22. The fourth-order valence-corrected chi connectivity index (χ4v) is 2.70. The van der Waals surface area contributed by atoms with Crippen molar-refractivity contribution in [3.05, 3.63) is 41.5 Å². The molecule has 5 nitrogen and oxygen atoms in total. The Balaban J connectivity index is 1.65. The fraction of sp³-hybridized carbons (Fsp3) is 0.467. The van der Waals surface area contributed by atoms with Crippen LogP contribution in [-0.2, 0) is 6.42 Å². The van der Waals surface area contributed by atoms with Crippen LogP contribution in [0.15, 0.2) is 24.3 Å². The van der Waals surface area contributed by atoms with Crippen LogP contribution in [0.1, 0.15) is 24.2 Å². The zero-order valence-electron chi connectivity index (χ0n) is 12.1. The first kappa shape index (κ1) is 14.0. The van der Waals surface area contributed by atoms with Crippen LogP contribution in [0.25, 0.3) is 0 Å². The predicted octanol–water partition coefficient (Wildman–Crippen LogP) is 1.72. The molecule has 0 bridgehead atoms. The number of piperidine rings is 1. The average Bonchev–Trinajstić information content (AvgIpc) is 2.98. The van der Waals surface area contributed by atoms with Crippen LogP contribution in [0, 0.1) is 5.82 Å². The summed E-state index contributed by atoms with van der Waals surface area (Å²) in [5.41, 5.74) is 0.633. The van der Waals surface area contributed by atoms with Crippen LogP contribution in [0.5, 0.6) is 0 Å². The Bertz CT molecular complexity index is 589. The van der Waals surface area contributed by atoms with Gasteiger partial charge in [-0.1, -0.05) is 18.2 Å². The maximum atomic E-state index is 13.6. The number of nitrogens with one attached hydrogen (secondary N) is 2. The quantitative estimate of drug-likeness (QED) is 0.900. The number of hydrogen-bond donors (Lipinski definition) is 2. The van der Waals surface area contributed by atoms with Crippen LogP contribution in [0.2, 0.25) is 0 Å². The first-order valence-corrected chi connectivity index (χ1v) is 7.33. The van der Waals surface area contributed by atoms with Crippen LogP contribution in [0.3, 0.4) is 0 Å². The van der Waals surface area contributed by atoms with E-state index in [9.17, 15) is 4.39 Å². The van der Waals surface area contributed by atoms with Gasteiger partial charge in [0.2, 0.25) is 5.95 Å². The molecular weight excluding hydrogens is 269 g/mol. The minimum absolute atomic E-state index is 0.203. The summed E-state index contributed by atoms with van der Waals surface area (Å²) in [6.45, 7) is 1.89. The van der Waals surface area contributed by atoms with Gasteiger partial charge >= 0.3 is 0 Å². The van der Waals surface area contributed by atoms with Crippen molar-refractivity contribution in [2.24, 2.45) is 0 Å². The lowest BCUT2D eigenvalue weighted by Gasteiger charge is -2.30. The third-order valence-corrected chi connectivity index (χ3v) is 4.02. The Kier molecular flexibility index (Phi) is 4.15. The van der Waals surface area contributed by atoms with E-state index in [1.54, 1.807) is 12.1 Å². The Labute approximate surface area is 123 Å². The molecule has 0 amide bonds. The monoisotopic (exact) mass is 289 g/mol. The molecule has 1 aromatic carbocycles. The Morgan fingerprint density at radius 1 is 1.33 bits per heavy atom. The highest BCUT2D eigenvalue weighted by molar-refractivity contribution is 5.31. The van der Waals surface area contributed by atoms with E-state index in [4.69, 9.17) is 0 Å². The smallest absolute Gasteiger partial charge is 0.244 e. The van der Waals surface area contributed by atoms with E-state index in [0.717, 1.165) is 31.9 Å². The first-order valence-electron chi connectivity index (χ1n) is 7.33. The van der Waals surface area contributed by atoms with Crippen LogP contribution in [0.4, 0.5) is 10.3 Å². The van der Waals surface area contributed by atoms with E-state index in [2.05, 4.69) is 25.4 Å². The first-order chi connectivity index (χ1) is 10.3. The van der Waals surface area contributed by atoms with E-state index >= 15 is 0 Å². The van der Waals surface area contributed by atoms with Gasteiger partial charge in [0.25, 0.3) is 0 Å². The lowest BCUT2D eigenvalue weighted by Crippen LogP contribution is -2.41. The van der Waals surface area contributed by atoms with Gasteiger partial charge in [-0.25, -0.2) is 4.39 Å². The summed E-state index contributed by atoms with van der Waals surface area (Å²) in [6.07, 6.45) is 2.62. The maximum Gasteiger partial charge on any atom is 0.244 e. The SMILES string of the molecule is CNC1CCN(c2n[nH]c(Cc3ccccc3F)n2)CC1. The van der Waals surface area contributed by atoms with E-state index in [1.165, 1.54) is 6.07 Å². The molecular formula is C15H20FN5. The van der Waals surface area contributed by atoms with E-state index < -0.39 is 0 Å². The van der Waals surface area contributed by atoms with Gasteiger partial charge in [0, 0.05) is 25.6 Å². The minimum Gasteiger partial charge on any atom is -0.339 e. The van der Waals surface area contributed by atoms with Crippen LogP contribution < -0.4 is 10.2 Å². The molecule has 0 unspecified atom stereocenters. The summed E-state index contributed by atoms with van der Waals surface area (Å²) in [5.74, 6) is 1.21. The summed E-state index contributed by atoms with van der Waals surface area (Å²) >= 11 is 0. The van der Waals surface area contributed by atoms with Gasteiger partial charge in [-0.15, -0.1) is 5.10 Å². The number of H-pyrrole nitrogens is 1. The summed E-state index contributed by atoms with van der Waals surface area (Å²) in [6, 6.07) is 7.35. The molecule has 112 valence electrons. The third-order valence-electron chi connectivity index (χ3n) is 4.02. The molecule has 0 radical (unpaired) electrons. The van der Waals surface area contributed by atoms with Crippen molar-refractivity contribution in [2.45, 2.75) is 25.3 Å². The van der Waals surface area contributed by atoms with Gasteiger partial charge < -0.3 is 10.2 Å². The number of aromatic amines is 1. The van der Waals surface area contributed by atoms with E-state index in [-0.39, 0.29) is 5.82 Å². The molecule has 21 heavy (non-hydrogen) atoms. The highest BCUT2D eigenvalue weighted by Gasteiger charge is 2.20. The molecule has 3 rings (SSSR count). The molecule has 0 saturated carbocycles. The molecule has 6 heteroatoms. The Morgan fingerprint density at radius 3 is 2.81 bits per heavy atom. The van der Waals surface area contributed by atoms with Crippen molar-refractivity contribution in [1.29, 1.82) is 0 Å². The molecule has 1 aliphatic rings. The number of halogens is 1. The standard InChI is InChI=1S/C15H20FN5/c1-17-12-6-8-21(9-7-12)15-18-14(19-20-15)10-11-4-2-3-5-13(11)16/h2-5,12,17H,6-10H2,1H3,(H,18,19,20). The molecule has 0 aliphatic carbocycles. The summed E-state index contributed by atoms with van der Waals surface area (Å²) in [7, 11) is 2.00. The highest BCUT2D eigenvalue weighted by atomic mass is 19.1. The van der Waals surface area contributed by atoms with Crippen molar-refractivity contribution in [3.8, 4) is 0 Å². The Hall–Kier alpha value is -1.95. The molecule has 0 atom stereocenters. The number of anilines is 1. The van der Waals surface area contributed by atoms with Crippen molar-refractivity contribution in [1.82, 2.24) is 20.5 Å². The summed E-state index contributed by atoms with van der Waals surface area (Å²) < 4.78 is 13.6. The molecule has 1 fully saturated rings. The summed E-state index contributed by atoms with van der Waals surface area (Å²) in [5, 5.41) is 10.5. The lowest BCUT2D eigenvalue weighted by atomic mass is 10.1. The van der Waals surface area contributed by atoms with Crippen molar-refractivity contribution < 1.29 is 4.39 Å². The maximum absolute atomic E-state index is 13.6. The molecule has 2 aromatic rings. The average molecular weight is 289 g/mol. The molecule has 1 aliphatic heterocycles. The van der Waals surface area contributed by atoms with E-state index in [1.807, 2.05) is 13.1 Å². The van der Waals surface area contributed by atoms with Crippen LogP contribution in [-0.4, -0.2) is 41.4 Å². The summed E-state index contributed by atoms with van der Waals surface area (Å²) in [4.78, 5) is 6.67. The van der Waals surface area contributed by atoms with Gasteiger partial charge in [-0.3, -0.25) is 5.10 Å². The number of rotatable bonds is 4. The van der Waals surface area contributed by atoms with Gasteiger partial charge in [-0.2, -0.15) is 4.98 Å². The lowest BCUT2D eigenvalue weighted by molar-refractivity contribution is 0.439. The molecule has 1 saturated heterocycles. The van der Waals surface area contributed by atoms with Crippen molar-refractivity contribution in [2.75, 3.05) is 25.0 Å². The topological polar surface area (TPSA) is 56.8 Å².